The monoisotopic (exact) mass is 345 g/mol. The summed E-state index contributed by atoms with van der Waals surface area (Å²) in [6.45, 7) is 5.75. The minimum absolute atomic E-state index is 0.0181. The maximum Gasteiger partial charge on any atom is 0.255 e. The lowest BCUT2D eigenvalue weighted by molar-refractivity contribution is -0.0890. The molecule has 0 bridgehead atoms. The molecule has 3 fully saturated rings. The van der Waals surface area contributed by atoms with Crippen LogP contribution in [0.3, 0.4) is 0 Å². The van der Waals surface area contributed by atoms with Gasteiger partial charge in [0.2, 0.25) is 0 Å². The lowest BCUT2D eigenvalue weighted by Gasteiger charge is -2.32. The van der Waals surface area contributed by atoms with E-state index in [1.165, 1.54) is 25.9 Å². The van der Waals surface area contributed by atoms with E-state index in [1.807, 2.05) is 11.0 Å². The molecule has 0 aliphatic carbocycles. The van der Waals surface area contributed by atoms with Gasteiger partial charge in [0.15, 0.2) is 0 Å². The summed E-state index contributed by atoms with van der Waals surface area (Å²) < 4.78 is 12.3. The summed E-state index contributed by atoms with van der Waals surface area (Å²) in [4.78, 5) is 21.3. The molecule has 1 aromatic rings. The van der Waals surface area contributed by atoms with Gasteiger partial charge < -0.3 is 19.3 Å². The van der Waals surface area contributed by atoms with Crippen LogP contribution in [-0.2, 0) is 9.47 Å². The predicted octanol–water partition coefficient (Wildman–Crippen LogP) is 1.57. The quantitative estimate of drug-likeness (QED) is 0.832. The molecule has 3 aliphatic rings. The van der Waals surface area contributed by atoms with Gasteiger partial charge in [-0.25, -0.2) is 0 Å². The first-order chi connectivity index (χ1) is 12.2. The molecule has 2 atom stereocenters. The maximum atomic E-state index is 12.8. The lowest BCUT2D eigenvalue weighted by Crippen LogP contribution is -2.47. The smallest absolute Gasteiger partial charge is 0.255 e. The Morgan fingerprint density at radius 2 is 2.20 bits per heavy atom. The molecule has 6 nitrogen and oxygen atoms in total. The molecule has 0 radical (unpaired) electrons. The van der Waals surface area contributed by atoms with Gasteiger partial charge in [-0.3, -0.25) is 9.78 Å². The van der Waals surface area contributed by atoms with E-state index in [2.05, 4.69) is 9.88 Å². The summed E-state index contributed by atoms with van der Waals surface area (Å²) in [5.41, 5.74) is 0.282. The normalized spacial score (nSPS) is 30.7. The molecule has 6 heteroatoms. The first-order valence-corrected chi connectivity index (χ1v) is 9.41. The Kier molecular flexibility index (Phi) is 5.01. The lowest BCUT2D eigenvalue weighted by atomic mass is 9.99. The van der Waals surface area contributed by atoms with Crippen LogP contribution in [0.5, 0.6) is 0 Å². The van der Waals surface area contributed by atoms with Crippen LogP contribution >= 0.6 is 0 Å². The summed E-state index contributed by atoms with van der Waals surface area (Å²) in [5.74, 6) is 0.0181. The van der Waals surface area contributed by atoms with Crippen LogP contribution in [-0.4, -0.2) is 78.3 Å². The molecule has 3 saturated heterocycles. The fraction of sp³-hybridized carbons (Fsp3) is 0.684. The van der Waals surface area contributed by atoms with Gasteiger partial charge in [-0.05, 0) is 50.9 Å². The highest BCUT2D eigenvalue weighted by molar-refractivity contribution is 5.93. The van der Waals surface area contributed by atoms with Gasteiger partial charge in [0, 0.05) is 25.5 Å². The predicted molar refractivity (Wildman–Crippen MR) is 93.5 cm³/mol. The first kappa shape index (κ1) is 16.9. The number of likely N-dealkylation sites (tertiary alicyclic amines) is 1. The van der Waals surface area contributed by atoms with Gasteiger partial charge in [-0.15, -0.1) is 0 Å². The van der Waals surface area contributed by atoms with Gasteiger partial charge in [0.1, 0.15) is 5.60 Å². The number of ether oxygens (including phenoxy) is 2. The van der Waals surface area contributed by atoms with E-state index in [1.54, 1.807) is 18.5 Å². The molecule has 136 valence electrons. The number of nitrogens with zero attached hydrogens (tertiary/aromatic N) is 3. The van der Waals surface area contributed by atoms with Crippen LogP contribution in [0.4, 0.5) is 0 Å². The third kappa shape index (κ3) is 3.86. The number of carbonyl (C=O) groups excluding carboxylic acids is 1. The summed E-state index contributed by atoms with van der Waals surface area (Å²) in [7, 11) is 0. The first-order valence-electron chi connectivity index (χ1n) is 9.41. The SMILES string of the molecule is O=C(c1cccnc1)N1CCOC[C@]2(CC[C@H](CN3CCCC3)O2)C1. The molecule has 25 heavy (non-hydrogen) atoms. The molecule has 1 spiro atoms. The third-order valence-corrected chi connectivity index (χ3v) is 5.54. The Morgan fingerprint density at radius 1 is 1.32 bits per heavy atom. The van der Waals surface area contributed by atoms with Crippen molar-refractivity contribution in [3.8, 4) is 0 Å². The Morgan fingerprint density at radius 3 is 3.00 bits per heavy atom. The second kappa shape index (κ2) is 7.40. The van der Waals surface area contributed by atoms with Crippen molar-refractivity contribution in [2.75, 3.05) is 45.9 Å². The Labute approximate surface area is 149 Å². The average Bonchev–Trinajstić information content (AvgIpc) is 3.23. The second-order valence-corrected chi connectivity index (χ2v) is 7.49. The largest absolute Gasteiger partial charge is 0.377 e. The number of amides is 1. The maximum absolute atomic E-state index is 12.8. The number of carbonyl (C=O) groups is 1. The summed E-state index contributed by atoms with van der Waals surface area (Å²) >= 11 is 0. The van der Waals surface area contributed by atoms with Gasteiger partial charge >= 0.3 is 0 Å². The molecule has 1 amide bonds. The molecular formula is C19H27N3O3. The Balaban J connectivity index is 1.42. The van der Waals surface area contributed by atoms with Crippen molar-refractivity contribution in [1.82, 2.24) is 14.8 Å². The molecule has 4 heterocycles. The Hall–Kier alpha value is -1.50. The van der Waals surface area contributed by atoms with Crippen LogP contribution in [0.1, 0.15) is 36.0 Å². The highest BCUT2D eigenvalue weighted by atomic mass is 16.6. The molecule has 0 aromatic carbocycles. The molecule has 0 unspecified atom stereocenters. The zero-order valence-corrected chi connectivity index (χ0v) is 14.7. The van der Waals surface area contributed by atoms with E-state index in [0.717, 1.165) is 19.4 Å². The molecule has 3 aliphatic heterocycles. The van der Waals surface area contributed by atoms with Gasteiger partial charge in [-0.1, -0.05) is 0 Å². The van der Waals surface area contributed by atoms with Crippen molar-refractivity contribution in [2.24, 2.45) is 0 Å². The third-order valence-electron chi connectivity index (χ3n) is 5.54. The summed E-state index contributed by atoms with van der Waals surface area (Å²) in [5, 5.41) is 0. The minimum Gasteiger partial charge on any atom is -0.377 e. The highest BCUT2D eigenvalue weighted by Crippen LogP contribution is 2.34. The number of aromatic nitrogens is 1. The molecule has 1 aromatic heterocycles. The standard InChI is InChI=1S/C19H27N3O3/c23-18(16-4-3-7-20-12-16)22-10-11-24-15-19(14-22)6-5-17(25-19)13-21-8-1-2-9-21/h3-4,7,12,17H,1-2,5-6,8-11,13-15H2/t17-,19+/m1/s1. The van der Waals surface area contributed by atoms with Crippen molar-refractivity contribution >= 4 is 5.91 Å². The molecular weight excluding hydrogens is 318 g/mol. The molecule has 0 N–H and O–H groups in total. The summed E-state index contributed by atoms with van der Waals surface area (Å²) in [6.07, 6.45) is 8.19. The average molecular weight is 345 g/mol. The van der Waals surface area contributed by atoms with Crippen LogP contribution < -0.4 is 0 Å². The van der Waals surface area contributed by atoms with Gasteiger partial charge in [0.05, 0.1) is 31.4 Å². The van der Waals surface area contributed by atoms with E-state index in [4.69, 9.17) is 9.47 Å². The fourth-order valence-electron chi connectivity index (χ4n) is 4.25. The van der Waals surface area contributed by atoms with Crippen LogP contribution in [0.15, 0.2) is 24.5 Å². The van der Waals surface area contributed by atoms with E-state index in [-0.39, 0.29) is 17.6 Å². The van der Waals surface area contributed by atoms with Crippen molar-refractivity contribution in [3.05, 3.63) is 30.1 Å². The minimum atomic E-state index is -0.348. The van der Waals surface area contributed by atoms with Crippen molar-refractivity contribution in [1.29, 1.82) is 0 Å². The zero-order valence-electron chi connectivity index (χ0n) is 14.7. The topological polar surface area (TPSA) is 54.9 Å². The number of rotatable bonds is 3. The number of pyridine rings is 1. The second-order valence-electron chi connectivity index (χ2n) is 7.49. The van der Waals surface area contributed by atoms with Crippen LogP contribution in [0.2, 0.25) is 0 Å². The number of hydrogen-bond acceptors (Lipinski definition) is 5. The number of hydrogen-bond donors (Lipinski definition) is 0. The van der Waals surface area contributed by atoms with Crippen LogP contribution in [0.25, 0.3) is 0 Å². The van der Waals surface area contributed by atoms with Crippen molar-refractivity contribution < 1.29 is 14.3 Å². The van der Waals surface area contributed by atoms with E-state index in [0.29, 0.717) is 31.9 Å². The molecule has 0 saturated carbocycles. The Bertz CT molecular complexity index is 591. The molecule has 4 rings (SSSR count). The highest BCUT2D eigenvalue weighted by Gasteiger charge is 2.44. The van der Waals surface area contributed by atoms with Gasteiger partial charge in [-0.2, -0.15) is 0 Å². The summed E-state index contributed by atoms with van der Waals surface area (Å²) in [6, 6.07) is 3.62. The van der Waals surface area contributed by atoms with Crippen molar-refractivity contribution in [3.63, 3.8) is 0 Å². The van der Waals surface area contributed by atoms with E-state index >= 15 is 0 Å². The van der Waals surface area contributed by atoms with E-state index < -0.39 is 0 Å². The van der Waals surface area contributed by atoms with Crippen LogP contribution in [0, 0.1) is 0 Å². The van der Waals surface area contributed by atoms with Crippen molar-refractivity contribution in [2.45, 2.75) is 37.4 Å². The zero-order chi connectivity index (χ0) is 17.1. The fourth-order valence-corrected chi connectivity index (χ4v) is 4.25. The van der Waals surface area contributed by atoms with Gasteiger partial charge in [0.25, 0.3) is 5.91 Å². The van der Waals surface area contributed by atoms with E-state index in [9.17, 15) is 4.79 Å².